The minimum absolute atomic E-state index is 0.0771. The Labute approximate surface area is 77.3 Å². The van der Waals surface area contributed by atoms with Crippen molar-refractivity contribution < 1.29 is 4.74 Å². The van der Waals surface area contributed by atoms with Gasteiger partial charge in [-0.2, -0.15) is 0 Å². The van der Waals surface area contributed by atoms with Crippen LogP contribution in [0, 0.1) is 6.92 Å². The quantitative estimate of drug-likeness (QED) is 0.504. The van der Waals surface area contributed by atoms with Crippen molar-refractivity contribution in [1.82, 2.24) is 15.4 Å². The topological polar surface area (TPSA) is 73.1 Å². The van der Waals surface area contributed by atoms with Crippen LogP contribution >= 0.6 is 0 Å². The van der Waals surface area contributed by atoms with Gasteiger partial charge in [0.25, 0.3) is 0 Å². The van der Waals surface area contributed by atoms with E-state index in [-0.39, 0.29) is 6.04 Å². The van der Waals surface area contributed by atoms with E-state index < -0.39 is 0 Å². The van der Waals surface area contributed by atoms with Crippen LogP contribution in [0.25, 0.3) is 0 Å². The summed E-state index contributed by atoms with van der Waals surface area (Å²) in [5.74, 6) is 6.08. The monoisotopic (exact) mass is 182 g/mol. The molecule has 1 heterocycles. The van der Waals surface area contributed by atoms with E-state index in [9.17, 15) is 0 Å². The van der Waals surface area contributed by atoms with Crippen molar-refractivity contribution in [1.29, 1.82) is 0 Å². The second-order valence-corrected chi connectivity index (χ2v) is 2.70. The van der Waals surface area contributed by atoms with Crippen LogP contribution in [-0.4, -0.2) is 23.7 Å². The molecule has 1 aromatic rings. The minimum Gasteiger partial charge on any atom is -0.383 e. The number of aryl methyl sites for hydroxylation is 1. The fraction of sp³-hybridized carbons (Fsp3) is 0.500. The van der Waals surface area contributed by atoms with Gasteiger partial charge in [0.05, 0.1) is 18.3 Å². The Hall–Kier alpha value is -1.04. The van der Waals surface area contributed by atoms with Crippen LogP contribution in [0.1, 0.15) is 17.6 Å². The highest BCUT2D eigenvalue weighted by Gasteiger charge is 2.10. The number of hydrogen-bond acceptors (Lipinski definition) is 5. The summed E-state index contributed by atoms with van der Waals surface area (Å²) in [5.41, 5.74) is 3.48. The number of ether oxygens (including phenoxy) is 1. The van der Waals surface area contributed by atoms with Crippen LogP contribution in [0.4, 0.5) is 0 Å². The molecule has 1 rings (SSSR count). The molecule has 72 valence electrons. The molecular weight excluding hydrogens is 168 g/mol. The molecule has 5 nitrogen and oxygen atoms in total. The van der Waals surface area contributed by atoms with E-state index in [1.165, 1.54) is 0 Å². The summed E-state index contributed by atoms with van der Waals surface area (Å²) in [5, 5.41) is 0. The summed E-state index contributed by atoms with van der Waals surface area (Å²) in [6.07, 6.45) is 1.71. The molecule has 0 aliphatic carbocycles. The van der Waals surface area contributed by atoms with E-state index in [0.717, 1.165) is 11.5 Å². The second kappa shape index (κ2) is 4.86. The lowest BCUT2D eigenvalue weighted by molar-refractivity contribution is 0.165. The molecule has 0 radical (unpaired) electrons. The zero-order chi connectivity index (χ0) is 9.68. The van der Waals surface area contributed by atoms with Gasteiger partial charge in [-0.15, -0.1) is 0 Å². The standard InChI is InChI=1S/C8H14N4O/c1-6-10-4-3-7(11-6)8(12-9)5-13-2/h3-4,8,12H,5,9H2,1-2H3. The summed E-state index contributed by atoms with van der Waals surface area (Å²) in [7, 11) is 1.62. The first-order valence-electron chi connectivity index (χ1n) is 4.02. The predicted octanol–water partition coefficient (Wildman–Crippen LogP) is -0.0642. The summed E-state index contributed by atoms with van der Waals surface area (Å²) in [4.78, 5) is 8.23. The van der Waals surface area contributed by atoms with Gasteiger partial charge in [0.1, 0.15) is 5.82 Å². The molecule has 0 amide bonds. The van der Waals surface area contributed by atoms with Crippen LogP contribution in [0.15, 0.2) is 12.3 Å². The van der Waals surface area contributed by atoms with E-state index in [1.54, 1.807) is 13.3 Å². The maximum Gasteiger partial charge on any atom is 0.125 e. The maximum atomic E-state index is 5.35. The van der Waals surface area contributed by atoms with Crippen LogP contribution in [0.2, 0.25) is 0 Å². The number of rotatable bonds is 4. The van der Waals surface area contributed by atoms with Gasteiger partial charge in [0.2, 0.25) is 0 Å². The molecule has 0 bridgehead atoms. The molecular formula is C8H14N4O. The highest BCUT2D eigenvalue weighted by atomic mass is 16.5. The van der Waals surface area contributed by atoms with Crippen LogP contribution < -0.4 is 11.3 Å². The first kappa shape index (κ1) is 10.0. The first-order valence-corrected chi connectivity index (χ1v) is 4.02. The molecule has 1 unspecified atom stereocenters. The molecule has 0 aliphatic rings. The number of aromatic nitrogens is 2. The zero-order valence-electron chi connectivity index (χ0n) is 7.82. The molecule has 0 spiro atoms. The van der Waals surface area contributed by atoms with Crippen molar-refractivity contribution in [3.8, 4) is 0 Å². The SMILES string of the molecule is COCC(NN)c1ccnc(C)n1. The highest BCUT2D eigenvalue weighted by molar-refractivity contribution is 5.06. The molecule has 1 atom stereocenters. The number of nitrogens with two attached hydrogens (primary N) is 1. The van der Waals surface area contributed by atoms with Crippen molar-refractivity contribution >= 4 is 0 Å². The largest absolute Gasteiger partial charge is 0.383 e. The van der Waals surface area contributed by atoms with E-state index >= 15 is 0 Å². The summed E-state index contributed by atoms with van der Waals surface area (Å²) in [6.45, 7) is 2.33. The lowest BCUT2D eigenvalue weighted by Gasteiger charge is -2.13. The van der Waals surface area contributed by atoms with E-state index in [1.807, 2.05) is 13.0 Å². The molecule has 0 aliphatic heterocycles. The number of nitrogens with one attached hydrogen (secondary N) is 1. The van der Waals surface area contributed by atoms with Crippen LogP contribution in [-0.2, 0) is 4.74 Å². The lowest BCUT2D eigenvalue weighted by atomic mass is 10.2. The highest BCUT2D eigenvalue weighted by Crippen LogP contribution is 2.08. The zero-order valence-corrected chi connectivity index (χ0v) is 7.82. The van der Waals surface area contributed by atoms with E-state index in [0.29, 0.717) is 6.61 Å². The van der Waals surface area contributed by atoms with Crippen LogP contribution in [0.5, 0.6) is 0 Å². The molecule has 0 fully saturated rings. The summed E-state index contributed by atoms with van der Waals surface area (Å²) < 4.78 is 4.99. The van der Waals surface area contributed by atoms with Gasteiger partial charge in [0, 0.05) is 13.3 Å². The van der Waals surface area contributed by atoms with Crippen molar-refractivity contribution in [3.05, 3.63) is 23.8 Å². The van der Waals surface area contributed by atoms with Crippen molar-refractivity contribution in [2.75, 3.05) is 13.7 Å². The van der Waals surface area contributed by atoms with Crippen molar-refractivity contribution in [2.45, 2.75) is 13.0 Å². The third-order valence-electron chi connectivity index (χ3n) is 1.69. The Kier molecular flexibility index (Phi) is 3.75. The Balaban J connectivity index is 2.78. The number of methoxy groups -OCH3 is 1. The summed E-state index contributed by atoms with van der Waals surface area (Å²) in [6, 6.07) is 1.74. The first-order chi connectivity index (χ1) is 6.27. The van der Waals surface area contributed by atoms with Crippen molar-refractivity contribution in [3.63, 3.8) is 0 Å². The molecule has 0 saturated heterocycles. The van der Waals surface area contributed by atoms with Gasteiger partial charge in [-0.05, 0) is 13.0 Å². The van der Waals surface area contributed by atoms with E-state index in [4.69, 9.17) is 10.6 Å². The number of hydrogen-bond donors (Lipinski definition) is 2. The van der Waals surface area contributed by atoms with Gasteiger partial charge >= 0.3 is 0 Å². The van der Waals surface area contributed by atoms with Gasteiger partial charge < -0.3 is 4.74 Å². The predicted molar refractivity (Wildman–Crippen MR) is 48.7 cm³/mol. The van der Waals surface area contributed by atoms with Gasteiger partial charge in [0.15, 0.2) is 0 Å². The molecule has 13 heavy (non-hydrogen) atoms. The molecule has 1 aromatic heterocycles. The number of nitrogens with zero attached hydrogens (tertiary/aromatic N) is 2. The second-order valence-electron chi connectivity index (χ2n) is 2.70. The lowest BCUT2D eigenvalue weighted by Crippen LogP contribution is -2.31. The van der Waals surface area contributed by atoms with Gasteiger partial charge in [-0.1, -0.05) is 0 Å². The van der Waals surface area contributed by atoms with Gasteiger partial charge in [-0.3, -0.25) is 5.84 Å². The molecule has 0 aromatic carbocycles. The van der Waals surface area contributed by atoms with Crippen molar-refractivity contribution in [2.24, 2.45) is 5.84 Å². The van der Waals surface area contributed by atoms with E-state index in [2.05, 4.69) is 15.4 Å². The Bertz CT molecular complexity index is 266. The fourth-order valence-electron chi connectivity index (χ4n) is 1.05. The Morgan fingerprint density at radius 3 is 3.00 bits per heavy atom. The Morgan fingerprint density at radius 1 is 1.69 bits per heavy atom. The third-order valence-corrected chi connectivity index (χ3v) is 1.69. The van der Waals surface area contributed by atoms with Gasteiger partial charge in [-0.25, -0.2) is 15.4 Å². The smallest absolute Gasteiger partial charge is 0.125 e. The molecule has 5 heteroatoms. The Morgan fingerprint density at radius 2 is 2.46 bits per heavy atom. The minimum atomic E-state index is -0.0771. The van der Waals surface area contributed by atoms with Crippen LogP contribution in [0.3, 0.4) is 0 Å². The molecule has 0 saturated carbocycles. The summed E-state index contributed by atoms with van der Waals surface area (Å²) >= 11 is 0. The normalized spacial score (nSPS) is 12.8. The maximum absolute atomic E-state index is 5.35. The average Bonchev–Trinajstić information content (AvgIpc) is 2.14. The average molecular weight is 182 g/mol. The number of hydrazine groups is 1. The molecule has 3 N–H and O–H groups in total. The fourth-order valence-corrected chi connectivity index (χ4v) is 1.05. The third kappa shape index (κ3) is 2.73.